The average molecular weight is 284 g/mol. The van der Waals surface area contributed by atoms with Crippen LogP contribution in [0.2, 0.25) is 0 Å². The number of nitrogens with two attached hydrogens (primary N) is 1. The molecule has 21 heavy (non-hydrogen) atoms. The quantitative estimate of drug-likeness (QED) is 0.900. The number of nitrogens with zero attached hydrogens (tertiary/aromatic N) is 1. The van der Waals surface area contributed by atoms with Crippen molar-refractivity contribution in [2.45, 2.75) is 6.04 Å². The van der Waals surface area contributed by atoms with Crippen LogP contribution in [0, 0.1) is 0 Å². The Morgan fingerprint density at radius 3 is 2.24 bits per heavy atom. The minimum Gasteiger partial charge on any atom is -0.478 e. The Kier molecular flexibility index (Phi) is 4.35. The number of benzene rings is 2. The fourth-order valence-electron chi connectivity index (χ4n) is 2.08. The lowest BCUT2D eigenvalue weighted by atomic mass is 10.1. The van der Waals surface area contributed by atoms with Gasteiger partial charge in [-0.15, -0.1) is 0 Å². The highest BCUT2D eigenvalue weighted by Crippen LogP contribution is 2.22. The van der Waals surface area contributed by atoms with Gasteiger partial charge in [0.2, 0.25) is 5.91 Å². The first-order valence-corrected chi connectivity index (χ1v) is 6.42. The zero-order valence-corrected chi connectivity index (χ0v) is 11.6. The van der Waals surface area contributed by atoms with Gasteiger partial charge in [0.1, 0.15) is 6.04 Å². The van der Waals surface area contributed by atoms with E-state index >= 15 is 0 Å². The molecule has 0 radical (unpaired) electrons. The topological polar surface area (TPSA) is 83.6 Å². The molecule has 0 saturated heterocycles. The molecule has 1 amide bonds. The Morgan fingerprint density at radius 1 is 1.05 bits per heavy atom. The second-order valence-electron chi connectivity index (χ2n) is 4.61. The maximum Gasteiger partial charge on any atom is 0.337 e. The van der Waals surface area contributed by atoms with Gasteiger partial charge in [-0.1, -0.05) is 42.5 Å². The summed E-state index contributed by atoms with van der Waals surface area (Å²) in [5.41, 5.74) is 7.03. The molecule has 3 N–H and O–H groups in total. The van der Waals surface area contributed by atoms with Crippen LogP contribution in [-0.4, -0.2) is 24.0 Å². The van der Waals surface area contributed by atoms with E-state index in [0.717, 1.165) is 0 Å². The van der Waals surface area contributed by atoms with Crippen LogP contribution in [0.25, 0.3) is 0 Å². The van der Waals surface area contributed by atoms with E-state index in [1.807, 2.05) is 6.07 Å². The maximum absolute atomic E-state index is 12.4. The third kappa shape index (κ3) is 3.09. The van der Waals surface area contributed by atoms with E-state index < -0.39 is 12.0 Å². The summed E-state index contributed by atoms with van der Waals surface area (Å²) in [6.07, 6.45) is 0. The molecule has 0 fully saturated rings. The smallest absolute Gasteiger partial charge is 0.337 e. The number of carboxylic acid groups (broad SMARTS) is 1. The first-order chi connectivity index (χ1) is 10.0. The van der Waals surface area contributed by atoms with E-state index in [0.29, 0.717) is 11.3 Å². The van der Waals surface area contributed by atoms with E-state index in [9.17, 15) is 14.7 Å². The number of hydrogen-bond donors (Lipinski definition) is 2. The molecule has 2 aromatic rings. The molecule has 2 aromatic carbocycles. The van der Waals surface area contributed by atoms with E-state index in [2.05, 4.69) is 0 Å². The number of carboxylic acids is 1. The zero-order chi connectivity index (χ0) is 15.4. The Hall–Kier alpha value is -2.66. The monoisotopic (exact) mass is 284 g/mol. The molecule has 0 spiro atoms. The van der Waals surface area contributed by atoms with Gasteiger partial charge in [-0.3, -0.25) is 4.79 Å². The summed E-state index contributed by atoms with van der Waals surface area (Å²) in [7, 11) is 1.52. The number of amides is 1. The van der Waals surface area contributed by atoms with Gasteiger partial charge in [0.15, 0.2) is 0 Å². The highest BCUT2D eigenvalue weighted by atomic mass is 16.4. The minimum absolute atomic E-state index is 0.0635. The largest absolute Gasteiger partial charge is 0.478 e. The van der Waals surface area contributed by atoms with Gasteiger partial charge in [-0.25, -0.2) is 4.79 Å². The zero-order valence-electron chi connectivity index (χ0n) is 11.6. The third-order valence-electron chi connectivity index (χ3n) is 3.25. The fraction of sp³-hybridized carbons (Fsp3) is 0.125. The Bertz CT molecular complexity index is 656. The second-order valence-corrected chi connectivity index (χ2v) is 4.61. The van der Waals surface area contributed by atoms with Gasteiger partial charge in [-0.05, 0) is 17.7 Å². The van der Waals surface area contributed by atoms with Crippen LogP contribution in [0.3, 0.4) is 0 Å². The molecule has 0 saturated carbocycles. The van der Waals surface area contributed by atoms with Crippen molar-refractivity contribution in [2.24, 2.45) is 5.73 Å². The number of rotatable bonds is 4. The SMILES string of the molecule is CN(C(=O)[C@@H](N)c1ccccc1)c1ccccc1C(=O)O. The Labute approximate surface area is 122 Å². The summed E-state index contributed by atoms with van der Waals surface area (Å²) in [6.45, 7) is 0. The summed E-state index contributed by atoms with van der Waals surface area (Å²) < 4.78 is 0. The van der Waals surface area contributed by atoms with Crippen molar-refractivity contribution in [3.8, 4) is 0 Å². The maximum atomic E-state index is 12.4. The number of likely N-dealkylation sites (N-methyl/N-ethyl adjacent to an activating group) is 1. The van der Waals surface area contributed by atoms with E-state index in [-0.39, 0.29) is 11.5 Å². The molecule has 0 aromatic heterocycles. The lowest BCUT2D eigenvalue weighted by molar-refractivity contribution is -0.119. The molecule has 1 atom stereocenters. The molecule has 2 rings (SSSR count). The molecule has 0 aliphatic heterocycles. The molecule has 5 heteroatoms. The van der Waals surface area contributed by atoms with Crippen molar-refractivity contribution in [2.75, 3.05) is 11.9 Å². The summed E-state index contributed by atoms with van der Waals surface area (Å²) in [5, 5.41) is 9.18. The van der Waals surface area contributed by atoms with Crippen LogP contribution in [0.15, 0.2) is 54.6 Å². The predicted octanol–water partition coefficient (Wildman–Crippen LogP) is 2.05. The molecular formula is C16H16N2O3. The summed E-state index contributed by atoms with van der Waals surface area (Å²) in [6, 6.07) is 14.5. The number of aromatic carboxylic acids is 1. The first-order valence-electron chi connectivity index (χ1n) is 6.42. The summed E-state index contributed by atoms with van der Waals surface area (Å²) in [5.74, 6) is -1.45. The van der Waals surface area contributed by atoms with Gasteiger partial charge in [0.25, 0.3) is 0 Å². The molecule has 0 aliphatic carbocycles. The average Bonchev–Trinajstić information content (AvgIpc) is 2.53. The molecule has 0 aliphatic rings. The number of para-hydroxylation sites is 1. The van der Waals surface area contributed by atoms with Crippen molar-refractivity contribution in [3.05, 3.63) is 65.7 Å². The highest BCUT2D eigenvalue weighted by molar-refractivity contribution is 6.03. The van der Waals surface area contributed by atoms with Gasteiger partial charge < -0.3 is 15.7 Å². The van der Waals surface area contributed by atoms with Crippen LogP contribution in [0.1, 0.15) is 22.0 Å². The van der Waals surface area contributed by atoms with E-state index in [1.165, 1.54) is 18.0 Å². The Morgan fingerprint density at radius 2 is 1.62 bits per heavy atom. The second kappa shape index (κ2) is 6.19. The number of carbonyl (C=O) groups is 2. The van der Waals surface area contributed by atoms with Crippen molar-refractivity contribution in [3.63, 3.8) is 0 Å². The molecule has 0 heterocycles. The number of hydrogen-bond acceptors (Lipinski definition) is 3. The predicted molar refractivity (Wildman–Crippen MR) is 80.2 cm³/mol. The van der Waals surface area contributed by atoms with Crippen LogP contribution in [-0.2, 0) is 4.79 Å². The van der Waals surface area contributed by atoms with Crippen LogP contribution >= 0.6 is 0 Å². The van der Waals surface area contributed by atoms with Crippen molar-refractivity contribution < 1.29 is 14.7 Å². The first kappa shape index (κ1) is 14.7. The van der Waals surface area contributed by atoms with Crippen LogP contribution < -0.4 is 10.6 Å². The summed E-state index contributed by atoms with van der Waals surface area (Å²) >= 11 is 0. The van der Waals surface area contributed by atoms with Crippen molar-refractivity contribution >= 4 is 17.6 Å². The number of carbonyl (C=O) groups excluding carboxylic acids is 1. The fourth-order valence-corrected chi connectivity index (χ4v) is 2.08. The van der Waals surface area contributed by atoms with Crippen LogP contribution in [0.5, 0.6) is 0 Å². The molecule has 0 bridgehead atoms. The number of anilines is 1. The Balaban J connectivity index is 2.30. The van der Waals surface area contributed by atoms with Crippen molar-refractivity contribution in [1.82, 2.24) is 0 Å². The lowest BCUT2D eigenvalue weighted by Crippen LogP contribution is -2.36. The van der Waals surface area contributed by atoms with Crippen molar-refractivity contribution in [1.29, 1.82) is 0 Å². The standard InChI is InChI=1S/C16H16N2O3/c1-18(13-10-6-5-9-12(13)16(20)21)15(19)14(17)11-7-3-2-4-8-11/h2-10,14H,17H2,1H3,(H,20,21)/t14-/m0/s1. The van der Waals surface area contributed by atoms with Crippen LogP contribution in [0.4, 0.5) is 5.69 Å². The molecule has 5 nitrogen and oxygen atoms in total. The van der Waals surface area contributed by atoms with Gasteiger partial charge in [0, 0.05) is 7.05 Å². The molecule has 0 unspecified atom stereocenters. The summed E-state index contributed by atoms with van der Waals surface area (Å²) in [4.78, 5) is 24.9. The van der Waals surface area contributed by atoms with Gasteiger partial charge >= 0.3 is 5.97 Å². The molecule has 108 valence electrons. The van der Waals surface area contributed by atoms with E-state index in [4.69, 9.17) is 5.73 Å². The van der Waals surface area contributed by atoms with Gasteiger partial charge in [-0.2, -0.15) is 0 Å². The molecular weight excluding hydrogens is 268 g/mol. The highest BCUT2D eigenvalue weighted by Gasteiger charge is 2.23. The van der Waals surface area contributed by atoms with E-state index in [1.54, 1.807) is 42.5 Å². The normalized spacial score (nSPS) is 11.7. The van der Waals surface area contributed by atoms with Gasteiger partial charge in [0.05, 0.1) is 11.3 Å². The third-order valence-corrected chi connectivity index (χ3v) is 3.25. The lowest BCUT2D eigenvalue weighted by Gasteiger charge is -2.23. The minimum atomic E-state index is -1.08.